The first-order valence-electron chi connectivity index (χ1n) is 9.25. The summed E-state index contributed by atoms with van der Waals surface area (Å²) in [5, 5.41) is 9.77. The van der Waals surface area contributed by atoms with Crippen molar-refractivity contribution in [1.29, 1.82) is 0 Å². The van der Waals surface area contributed by atoms with Crippen LogP contribution < -0.4 is 21.7 Å². The molecular formula is C19H26FN7. The first-order chi connectivity index (χ1) is 12.9. The topological polar surface area (TPSA) is 100 Å². The normalized spacial score (nSPS) is 20.0. The van der Waals surface area contributed by atoms with E-state index in [4.69, 9.17) is 10.7 Å². The zero-order chi connectivity index (χ0) is 19.4. The van der Waals surface area contributed by atoms with E-state index < -0.39 is 5.79 Å². The molecule has 3 rings (SSSR count). The molecule has 1 aliphatic heterocycles. The van der Waals surface area contributed by atoms with Crippen molar-refractivity contribution in [2.75, 3.05) is 23.7 Å². The van der Waals surface area contributed by atoms with E-state index in [1.165, 1.54) is 12.1 Å². The molecule has 0 spiro atoms. The summed E-state index contributed by atoms with van der Waals surface area (Å²) in [7, 11) is 0. The molecule has 2 aromatic rings. The Hall–Kier alpha value is -2.74. The second-order valence-corrected chi connectivity index (χ2v) is 6.74. The molecule has 144 valence electrons. The van der Waals surface area contributed by atoms with Gasteiger partial charge in [0.2, 0.25) is 0 Å². The quantitative estimate of drug-likeness (QED) is 0.623. The number of anilines is 2. The number of rotatable bonds is 6. The van der Waals surface area contributed by atoms with E-state index in [-0.39, 0.29) is 5.82 Å². The fourth-order valence-corrected chi connectivity index (χ4v) is 2.78. The van der Waals surface area contributed by atoms with Gasteiger partial charge in [0.25, 0.3) is 0 Å². The van der Waals surface area contributed by atoms with Crippen LogP contribution in [0.4, 0.5) is 15.9 Å². The van der Waals surface area contributed by atoms with Crippen LogP contribution in [0.3, 0.4) is 0 Å². The molecule has 0 saturated carbocycles. The fourth-order valence-electron chi connectivity index (χ4n) is 2.78. The standard InChI is InChI=1S/C19H26FN7/c1-4-10-22-17-15-14(18(23-11-5-2)27-19(3,21)26-15)24-16(25-17)12-6-8-13(20)9-7-12/h6-9,26H,4-5,10-11,21H2,1-3H3,(H,23,27)(H,22,24,25). The minimum Gasteiger partial charge on any atom is -0.368 e. The van der Waals surface area contributed by atoms with Crippen molar-refractivity contribution >= 4 is 17.3 Å². The lowest BCUT2D eigenvalue weighted by Gasteiger charge is -2.36. The maximum Gasteiger partial charge on any atom is 0.162 e. The Morgan fingerprint density at radius 2 is 1.89 bits per heavy atom. The Bertz CT molecular complexity index is 831. The van der Waals surface area contributed by atoms with Crippen LogP contribution in [0.15, 0.2) is 29.3 Å². The Morgan fingerprint density at radius 1 is 1.15 bits per heavy atom. The van der Waals surface area contributed by atoms with Gasteiger partial charge in [-0.3, -0.25) is 10.7 Å². The molecule has 8 heteroatoms. The summed E-state index contributed by atoms with van der Waals surface area (Å²) in [4.78, 5) is 14.0. The second kappa shape index (κ2) is 7.87. The molecule has 1 aromatic carbocycles. The first-order valence-corrected chi connectivity index (χ1v) is 9.25. The monoisotopic (exact) mass is 371 g/mol. The van der Waals surface area contributed by atoms with Crippen LogP contribution in [-0.2, 0) is 0 Å². The molecule has 0 radical (unpaired) electrons. The smallest absolute Gasteiger partial charge is 0.162 e. The molecule has 0 saturated heterocycles. The molecular weight excluding hydrogens is 345 g/mol. The predicted octanol–water partition coefficient (Wildman–Crippen LogP) is 2.91. The predicted molar refractivity (Wildman–Crippen MR) is 107 cm³/mol. The number of fused-ring (bicyclic) bond motifs is 1. The van der Waals surface area contributed by atoms with E-state index in [1.807, 2.05) is 6.92 Å². The van der Waals surface area contributed by atoms with Crippen molar-refractivity contribution in [2.24, 2.45) is 10.7 Å². The highest BCUT2D eigenvalue weighted by Crippen LogP contribution is 2.31. The third kappa shape index (κ3) is 4.33. The number of nitrogens with two attached hydrogens (primary N) is 1. The van der Waals surface area contributed by atoms with Gasteiger partial charge in [-0.05, 0) is 44.0 Å². The van der Waals surface area contributed by atoms with Gasteiger partial charge in [0.05, 0.1) is 0 Å². The summed E-state index contributed by atoms with van der Waals surface area (Å²) in [5.74, 6) is 0.613. The van der Waals surface area contributed by atoms with E-state index in [2.05, 4.69) is 39.8 Å². The number of benzene rings is 1. The summed E-state index contributed by atoms with van der Waals surface area (Å²) in [6.45, 7) is 7.38. The molecule has 0 amide bonds. The molecule has 0 bridgehead atoms. The number of hydrogen-bond donors (Lipinski definition) is 4. The maximum atomic E-state index is 13.3. The Kier molecular flexibility index (Phi) is 5.55. The van der Waals surface area contributed by atoms with Crippen LogP contribution in [0.2, 0.25) is 0 Å². The number of amidine groups is 1. The van der Waals surface area contributed by atoms with Gasteiger partial charge in [-0.2, -0.15) is 0 Å². The highest BCUT2D eigenvalue weighted by molar-refractivity contribution is 6.06. The molecule has 5 N–H and O–H groups in total. The van der Waals surface area contributed by atoms with Gasteiger partial charge in [0.15, 0.2) is 23.3 Å². The molecule has 7 nitrogen and oxygen atoms in total. The van der Waals surface area contributed by atoms with Gasteiger partial charge >= 0.3 is 0 Å². The minimum absolute atomic E-state index is 0.298. The van der Waals surface area contributed by atoms with Crippen LogP contribution in [0.1, 0.15) is 39.3 Å². The molecule has 1 aliphatic rings. The highest BCUT2D eigenvalue weighted by Gasteiger charge is 2.32. The van der Waals surface area contributed by atoms with E-state index in [0.29, 0.717) is 35.4 Å². The number of halogens is 1. The number of aromatic nitrogens is 2. The number of nitrogens with zero attached hydrogens (tertiary/aromatic N) is 3. The molecule has 27 heavy (non-hydrogen) atoms. The van der Waals surface area contributed by atoms with Crippen molar-refractivity contribution in [3.8, 4) is 11.4 Å². The Morgan fingerprint density at radius 3 is 2.56 bits per heavy atom. The lowest BCUT2D eigenvalue weighted by atomic mass is 10.1. The average Bonchev–Trinajstić information content (AvgIpc) is 2.64. The first kappa shape index (κ1) is 19.0. The van der Waals surface area contributed by atoms with E-state index in [0.717, 1.165) is 24.9 Å². The molecule has 1 atom stereocenters. The zero-order valence-electron chi connectivity index (χ0n) is 15.9. The van der Waals surface area contributed by atoms with Crippen LogP contribution in [0, 0.1) is 5.82 Å². The molecule has 1 aromatic heterocycles. The number of nitrogens with one attached hydrogen (secondary N) is 3. The second-order valence-electron chi connectivity index (χ2n) is 6.74. The highest BCUT2D eigenvalue weighted by atomic mass is 19.1. The molecule has 2 heterocycles. The van der Waals surface area contributed by atoms with Crippen molar-refractivity contribution in [3.05, 3.63) is 35.8 Å². The fraction of sp³-hybridized carbons (Fsp3) is 0.421. The van der Waals surface area contributed by atoms with Crippen molar-refractivity contribution in [3.63, 3.8) is 0 Å². The summed E-state index contributed by atoms with van der Waals surface area (Å²) in [5.41, 5.74) is 8.39. The molecule has 0 fully saturated rings. The van der Waals surface area contributed by atoms with Gasteiger partial charge in [-0.1, -0.05) is 13.8 Å². The van der Waals surface area contributed by atoms with E-state index >= 15 is 0 Å². The minimum atomic E-state index is -0.872. The number of aliphatic imine (C=N–C) groups is 1. The van der Waals surface area contributed by atoms with Gasteiger partial charge < -0.3 is 16.0 Å². The van der Waals surface area contributed by atoms with Crippen LogP contribution in [0.5, 0.6) is 0 Å². The Labute approximate surface area is 158 Å². The molecule has 1 unspecified atom stereocenters. The summed E-state index contributed by atoms with van der Waals surface area (Å²) >= 11 is 0. The van der Waals surface area contributed by atoms with Gasteiger partial charge in [0.1, 0.15) is 17.2 Å². The van der Waals surface area contributed by atoms with Gasteiger partial charge in [-0.25, -0.2) is 14.4 Å². The van der Waals surface area contributed by atoms with Gasteiger partial charge in [0, 0.05) is 18.7 Å². The molecule has 0 aliphatic carbocycles. The largest absolute Gasteiger partial charge is 0.368 e. The number of hydrogen-bond acceptors (Lipinski definition) is 6. The van der Waals surface area contributed by atoms with Crippen molar-refractivity contribution in [2.45, 2.75) is 39.4 Å². The lowest BCUT2D eigenvalue weighted by Crippen LogP contribution is -2.62. The van der Waals surface area contributed by atoms with E-state index in [9.17, 15) is 4.39 Å². The van der Waals surface area contributed by atoms with Gasteiger partial charge in [-0.15, -0.1) is 0 Å². The third-order valence-corrected chi connectivity index (χ3v) is 4.03. The summed E-state index contributed by atoms with van der Waals surface area (Å²) in [6, 6.07) is 6.13. The van der Waals surface area contributed by atoms with Crippen molar-refractivity contribution < 1.29 is 4.39 Å². The summed E-state index contributed by atoms with van der Waals surface area (Å²) < 4.78 is 13.3. The lowest BCUT2D eigenvalue weighted by molar-refractivity contribution is 0.489. The summed E-state index contributed by atoms with van der Waals surface area (Å²) in [6.07, 6.45) is 1.85. The van der Waals surface area contributed by atoms with Crippen LogP contribution in [-0.4, -0.2) is 34.7 Å². The maximum absolute atomic E-state index is 13.3. The average molecular weight is 371 g/mol. The SMILES string of the molecule is CCCN=C1NC(C)(N)Nc2c(NCCC)nc(-c3ccc(F)cc3)nc21. The van der Waals surface area contributed by atoms with Crippen LogP contribution in [0.25, 0.3) is 11.4 Å². The third-order valence-electron chi connectivity index (χ3n) is 4.03. The van der Waals surface area contributed by atoms with Crippen molar-refractivity contribution in [1.82, 2.24) is 15.3 Å². The Balaban J connectivity index is 2.15. The van der Waals surface area contributed by atoms with Crippen LogP contribution >= 0.6 is 0 Å². The van der Waals surface area contributed by atoms with E-state index in [1.54, 1.807) is 12.1 Å². The zero-order valence-corrected chi connectivity index (χ0v) is 15.9.